The van der Waals surface area contributed by atoms with Crippen molar-refractivity contribution in [3.63, 3.8) is 0 Å². The van der Waals surface area contributed by atoms with Crippen LogP contribution in [0, 0.1) is 5.92 Å². The van der Waals surface area contributed by atoms with Crippen LogP contribution < -0.4 is 4.74 Å². The van der Waals surface area contributed by atoms with Gasteiger partial charge < -0.3 is 4.74 Å². The van der Waals surface area contributed by atoms with Crippen LogP contribution in [0.4, 0.5) is 0 Å². The molecular weight excluding hydrogens is 244 g/mol. The van der Waals surface area contributed by atoms with Gasteiger partial charge in [-0.1, -0.05) is 29.8 Å². The van der Waals surface area contributed by atoms with E-state index in [1.807, 2.05) is 26.0 Å². The van der Waals surface area contributed by atoms with E-state index in [0.29, 0.717) is 18.1 Å². The molecule has 0 unspecified atom stereocenters. The average Bonchev–Trinajstić information content (AvgIpc) is 2.07. The summed E-state index contributed by atoms with van der Waals surface area (Å²) in [6.45, 7) is 3.98. The second kappa shape index (κ2) is 5.15. The summed E-state index contributed by atoms with van der Waals surface area (Å²) in [5, 5.41) is 0. The van der Waals surface area contributed by atoms with Crippen molar-refractivity contribution in [3.05, 3.63) is 28.7 Å². The van der Waals surface area contributed by atoms with E-state index in [1.54, 1.807) is 12.1 Å². The Morgan fingerprint density at radius 2 is 1.93 bits per heavy atom. The zero-order chi connectivity index (χ0) is 10.6. The summed E-state index contributed by atoms with van der Waals surface area (Å²) in [6.07, 6.45) is 0.454. The average molecular weight is 257 g/mol. The second-order valence-corrected chi connectivity index (χ2v) is 4.44. The normalized spacial score (nSPS) is 10.3. The molecule has 0 fully saturated rings. The van der Waals surface area contributed by atoms with Crippen LogP contribution in [0.3, 0.4) is 0 Å². The Labute approximate surface area is 92.4 Å². The number of ether oxygens (including phenoxy) is 1. The topological polar surface area (TPSA) is 26.3 Å². The molecule has 0 amide bonds. The van der Waals surface area contributed by atoms with Gasteiger partial charge >= 0.3 is 5.97 Å². The highest BCUT2D eigenvalue weighted by Gasteiger charge is 2.06. The summed E-state index contributed by atoms with van der Waals surface area (Å²) in [7, 11) is 0. The van der Waals surface area contributed by atoms with Crippen molar-refractivity contribution < 1.29 is 9.53 Å². The van der Waals surface area contributed by atoms with E-state index in [4.69, 9.17) is 4.74 Å². The first-order chi connectivity index (χ1) is 6.58. The molecule has 0 heterocycles. The maximum absolute atomic E-state index is 11.3. The summed E-state index contributed by atoms with van der Waals surface area (Å²) in [5.74, 6) is 0.749. The Kier molecular flexibility index (Phi) is 4.14. The number of carbonyl (C=O) groups is 1. The molecule has 0 N–H and O–H groups in total. The molecule has 76 valence electrons. The molecule has 2 nitrogen and oxygen atoms in total. The van der Waals surface area contributed by atoms with E-state index in [1.165, 1.54) is 0 Å². The van der Waals surface area contributed by atoms with E-state index >= 15 is 0 Å². The molecule has 0 saturated carbocycles. The number of halogens is 1. The summed E-state index contributed by atoms with van der Waals surface area (Å²) in [5.41, 5.74) is 0. The minimum absolute atomic E-state index is 0.178. The van der Waals surface area contributed by atoms with Crippen LogP contribution in [0.15, 0.2) is 28.7 Å². The van der Waals surface area contributed by atoms with Gasteiger partial charge in [-0.05, 0) is 30.2 Å². The lowest BCUT2D eigenvalue weighted by Gasteiger charge is -2.05. The van der Waals surface area contributed by atoms with Crippen LogP contribution >= 0.6 is 15.9 Å². The molecule has 0 bridgehead atoms. The van der Waals surface area contributed by atoms with E-state index < -0.39 is 0 Å². The lowest BCUT2D eigenvalue weighted by Crippen LogP contribution is -2.10. The van der Waals surface area contributed by atoms with Gasteiger partial charge in [0.1, 0.15) is 5.75 Å². The van der Waals surface area contributed by atoms with Gasteiger partial charge in [0, 0.05) is 10.9 Å². The maximum atomic E-state index is 11.3. The maximum Gasteiger partial charge on any atom is 0.311 e. The lowest BCUT2D eigenvalue weighted by atomic mass is 10.1. The summed E-state index contributed by atoms with van der Waals surface area (Å²) >= 11 is 3.31. The minimum atomic E-state index is -0.178. The summed E-state index contributed by atoms with van der Waals surface area (Å²) in [6, 6.07) is 7.22. The predicted octanol–water partition coefficient (Wildman–Crippen LogP) is 3.40. The highest BCUT2D eigenvalue weighted by atomic mass is 79.9. The Morgan fingerprint density at radius 3 is 2.43 bits per heavy atom. The lowest BCUT2D eigenvalue weighted by molar-refractivity contribution is -0.135. The smallest absolute Gasteiger partial charge is 0.311 e. The second-order valence-electron chi connectivity index (χ2n) is 3.53. The highest BCUT2D eigenvalue weighted by Crippen LogP contribution is 2.17. The van der Waals surface area contributed by atoms with Crippen LogP contribution in [0.2, 0.25) is 0 Å². The molecule has 0 radical (unpaired) electrons. The Hall–Kier alpha value is -0.830. The van der Waals surface area contributed by atoms with Gasteiger partial charge in [0.05, 0.1) is 0 Å². The fraction of sp³-hybridized carbons (Fsp3) is 0.364. The van der Waals surface area contributed by atoms with E-state index in [2.05, 4.69) is 15.9 Å². The summed E-state index contributed by atoms with van der Waals surface area (Å²) < 4.78 is 6.09. The monoisotopic (exact) mass is 256 g/mol. The van der Waals surface area contributed by atoms with Gasteiger partial charge in [0.2, 0.25) is 0 Å². The van der Waals surface area contributed by atoms with Crippen LogP contribution in [0.5, 0.6) is 5.75 Å². The Morgan fingerprint density at radius 1 is 1.36 bits per heavy atom. The van der Waals surface area contributed by atoms with Crippen LogP contribution in [0.25, 0.3) is 0 Å². The van der Waals surface area contributed by atoms with Crippen LogP contribution in [-0.2, 0) is 4.79 Å². The van der Waals surface area contributed by atoms with Crippen LogP contribution in [0.1, 0.15) is 20.3 Å². The van der Waals surface area contributed by atoms with Crippen LogP contribution in [-0.4, -0.2) is 5.97 Å². The van der Waals surface area contributed by atoms with Crippen molar-refractivity contribution in [1.82, 2.24) is 0 Å². The molecule has 0 aliphatic rings. The first-order valence-corrected chi connectivity index (χ1v) is 5.33. The zero-order valence-corrected chi connectivity index (χ0v) is 9.87. The molecule has 1 aromatic carbocycles. The molecule has 0 aromatic heterocycles. The first kappa shape index (κ1) is 11.2. The summed E-state index contributed by atoms with van der Waals surface area (Å²) in [4.78, 5) is 11.3. The van der Waals surface area contributed by atoms with Gasteiger partial charge in [-0.2, -0.15) is 0 Å². The molecule has 0 aliphatic heterocycles. The van der Waals surface area contributed by atoms with Gasteiger partial charge in [-0.15, -0.1) is 0 Å². The van der Waals surface area contributed by atoms with Gasteiger partial charge in [0.15, 0.2) is 0 Å². The molecule has 0 atom stereocenters. The van der Waals surface area contributed by atoms with Gasteiger partial charge in [-0.3, -0.25) is 4.79 Å². The molecule has 1 aromatic rings. The number of rotatable bonds is 3. The quantitative estimate of drug-likeness (QED) is 0.612. The van der Waals surface area contributed by atoms with Gasteiger partial charge in [-0.25, -0.2) is 0 Å². The molecule has 0 spiro atoms. The third kappa shape index (κ3) is 3.92. The fourth-order valence-electron chi connectivity index (χ4n) is 1.01. The number of esters is 1. The number of carbonyl (C=O) groups excluding carboxylic acids is 1. The van der Waals surface area contributed by atoms with Crippen molar-refractivity contribution in [2.75, 3.05) is 0 Å². The Bertz CT molecular complexity index is 304. The number of benzene rings is 1. The molecule has 3 heteroatoms. The van der Waals surface area contributed by atoms with E-state index in [0.717, 1.165) is 4.47 Å². The first-order valence-electron chi connectivity index (χ1n) is 4.54. The van der Waals surface area contributed by atoms with Crippen molar-refractivity contribution >= 4 is 21.9 Å². The van der Waals surface area contributed by atoms with Crippen molar-refractivity contribution in [2.24, 2.45) is 5.92 Å². The van der Waals surface area contributed by atoms with Crippen molar-refractivity contribution in [2.45, 2.75) is 20.3 Å². The number of hydrogen-bond donors (Lipinski definition) is 0. The minimum Gasteiger partial charge on any atom is -0.427 e. The molecule has 0 aliphatic carbocycles. The molecule has 0 saturated heterocycles. The zero-order valence-electron chi connectivity index (χ0n) is 8.29. The van der Waals surface area contributed by atoms with Gasteiger partial charge in [0.25, 0.3) is 0 Å². The van der Waals surface area contributed by atoms with Crippen molar-refractivity contribution in [1.29, 1.82) is 0 Å². The largest absolute Gasteiger partial charge is 0.427 e. The fourth-order valence-corrected chi connectivity index (χ4v) is 1.27. The molecular formula is C11H13BrO2. The third-order valence-electron chi connectivity index (χ3n) is 1.62. The SMILES string of the molecule is CC(C)CC(=O)Oc1ccc(Br)cc1. The third-order valence-corrected chi connectivity index (χ3v) is 2.15. The Balaban J connectivity index is 2.52. The van der Waals surface area contributed by atoms with Crippen molar-refractivity contribution in [3.8, 4) is 5.75 Å². The highest BCUT2D eigenvalue weighted by molar-refractivity contribution is 9.10. The molecule has 1 rings (SSSR count). The van der Waals surface area contributed by atoms with E-state index in [-0.39, 0.29) is 5.97 Å². The molecule has 14 heavy (non-hydrogen) atoms. The standard InChI is InChI=1S/C11H13BrO2/c1-8(2)7-11(13)14-10-5-3-9(12)4-6-10/h3-6,8H,7H2,1-2H3. The predicted molar refractivity (Wildman–Crippen MR) is 59.2 cm³/mol. The number of hydrogen-bond acceptors (Lipinski definition) is 2. The van der Waals surface area contributed by atoms with E-state index in [9.17, 15) is 4.79 Å².